The molecule has 1 aromatic heterocycles. The number of nitrogens with zero attached hydrogens (tertiary/aromatic N) is 3. The summed E-state index contributed by atoms with van der Waals surface area (Å²) in [4.78, 5) is 0. The van der Waals surface area contributed by atoms with Gasteiger partial charge in [0.2, 0.25) is 0 Å². The van der Waals surface area contributed by atoms with Crippen LogP contribution in [0.15, 0.2) is 30.3 Å². The molecule has 0 fully saturated rings. The molecule has 2 rings (SSSR count). The van der Waals surface area contributed by atoms with Crippen molar-refractivity contribution in [1.82, 2.24) is 26.0 Å². The second kappa shape index (κ2) is 3.95. The highest BCUT2D eigenvalue weighted by atomic mass is 15.5. The summed E-state index contributed by atoms with van der Waals surface area (Å²) in [6.45, 7) is 0. The molecule has 1 atom stereocenters. The molecular weight excluding hydrogens is 180 g/mol. The first-order valence-electron chi connectivity index (χ1n) is 4.16. The quantitative estimate of drug-likeness (QED) is 0.458. The van der Waals surface area contributed by atoms with E-state index >= 15 is 0 Å². The number of benzene rings is 1. The standard InChI is InChI=1S/C8H10N6/c9-10-7(8-11-13-14-12-8)6-4-2-1-3-5-6/h1-5,7,10H,9H2,(H,11,12,13,14)/t7-/m0/s1. The van der Waals surface area contributed by atoms with Crippen LogP contribution in [0.3, 0.4) is 0 Å². The van der Waals surface area contributed by atoms with E-state index in [-0.39, 0.29) is 6.04 Å². The Balaban J connectivity index is 2.31. The lowest BCUT2D eigenvalue weighted by atomic mass is 10.1. The lowest BCUT2D eigenvalue weighted by Crippen LogP contribution is -2.29. The summed E-state index contributed by atoms with van der Waals surface area (Å²) in [5, 5.41) is 13.6. The number of H-pyrrole nitrogens is 1. The molecule has 4 N–H and O–H groups in total. The third-order valence-corrected chi connectivity index (χ3v) is 1.92. The van der Waals surface area contributed by atoms with E-state index in [1.165, 1.54) is 0 Å². The Morgan fingerprint density at radius 2 is 2.07 bits per heavy atom. The molecular formula is C8H10N6. The van der Waals surface area contributed by atoms with Crippen LogP contribution in [-0.4, -0.2) is 20.6 Å². The van der Waals surface area contributed by atoms with Crippen molar-refractivity contribution in [2.75, 3.05) is 0 Å². The predicted molar refractivity (Wildman–Crippen MR) is 49.8 cm³/mol. The Bertz CT molecular complexity index is 370. The van der Waals surface area contributed by atoms with Crippen molar-refractivity contribution in [3.05, 3.63) is 41.7 Å². The molecule has 0 radical (unpaired) electrons. The highest BCUT2D eigenvalue weighted by Crippen LogP contribution is 2.15. The number of nitrogens with one attached hydrogen (secondary N) is 2. The average molecular weight is 190 g/mol. The molecule has 6 heteroatoms. The van der Waals surface area contributed by atoms with Crippen molar-refractivity contribution in [1.29, 1.82) is 0 Å². The van der Waals surface area contributed by atoms with E-state index in [9.17, 15) is 0 Å². The van der Waals surface area contributed by atoms with E-state index in [1.54, 1.807) is 0 Å². The van der Waals surface area contributed by atoms with Gasteiger partial charge in [0.05, 0.1) is 0 Å². The molecule has 6 nitrogen and oxygen atoms in total. The monoisotopic (exact) mass is 190 g/mol. The maximum atomic E-state index is 5.42. The molecule has 2 aromatic rings. The van der Waals surface area contributed by atoms with E-state index in [4.69, 9.17) is 5.84 Å². The Kier molecular flexibility index (Phi) is 2.48. The molecule has 0 aliphatic heterocycles. The van der Waals surface area contributed by atoms with Crippen molar-refractivity contribution in [2.24, 2.45) is 5.84 Å². The molecule has 0 unspecified atom stereocenters. The average Bonchev–Trinajstić information content (AvgIpc) is 2.74. The van der Waals surface area contributed by atoms with Gasteiger partial charge in [-0.15, -0.1) is 10.2 Å². The molecule has 0 aliphatic rings. The van der Waals surface area contributed by atoms with Crippen LogP contribution >= 0.6 is 0 Å². The fraction of sp³-hybridized carbons (Fsp3) is 0.125. The Morgan fingerprint density at radius 1 is 1.29 bits per heavy atom. The van der Waals surface area contributed by atoms with Crippen molar-refractivity contribution in [2.45, 2.75) is 6.04 Å². The SMILES string of the molecule is NN[C@@H](c1ccccc1)c1nn[nH]n1. The lowest BCUT2D eigenvalue weighted by Gasteiger charge is -2.11. The summed E-state index contributed by atoms with van der Waals surface area (Å²) < 4.78 is 0. The molecule has 72 valence electrons. The van der Waals surface area contributed by atoms with Gasteiger partial charge in [-0.25, -0.2) is 5.43 Å². The number of tetrazole rings is 1. The van der Waals surface area contributed by atoms with Gasteiger partial charge in [0, 0.05) is 0 Å². The van der Waals surface area contributed by atoms with Crippen molar-refractivity contribution >= 4 is 0 Å². The van der Waals surface area contributed by atoms with Crippen LogP contribution in [0.5, 0.6) is 0 Å². The zero-order valence-corrected chi connectivity index (χ0v) is 7.38. The summed E-state index contributed by atoms with van der Waals surface area (Å²) in [7, 11) is 0. The third kappa shape index (κ3) is 1.61. The number of aromatic nitrogens is 4. The van der Waals surface area contributed by atoms with Crippen molar-refractivity contribution < 1.29 is 0 Å². The number of hydrogen-bond donors (Lipinski definition) is 3. The maximum absolute atomic E-state index is 5.42. The van der Waals surface area contributed by atoms with Crippen molar-refractivity contribution in [3.8, 4) is 0 Å². The summed E-state index contributed by atoms with van der Waals surface area (Å²) in [6, 6.07) is 9.46. The highest BCUT2D eigenvalue weighted by Gasteiger charge is 2.15. The zero-order valence-electron chi connectivity index (χ0n) is 7.38. The topological polar surface area (TPSA) is 92.5 Å². The fourth-order valence-corrected chi connectivity index (χ4v) is 1.26. The minimum atomic E-state index is -0.227. The normalized spacial score (nSPS) is 12.6. The Morgan fingerprint density at radius 3 is 2.64 bits per heavy atom. The second-order valence-electron chi connectivity index (χ2n) is 2.78. The largest absolute Gasteiger partial charge is 0.270 e. The number of aromatic amines is 1. The van der Waals surface area contributed by atoms with Crippen LogP contribution in [0.4, 0.5) is 0 Å². The van der Waals surface area contributed by atoms with Gasteiger partial charge in [-0.1, -0.05) is 35.5 Å². The van der Waals surface area contributed by atoms with Gasteiger partial charge in [0.25, 0.3) is 0 Å². The fourth-order valence-electron chi connectivity index (χ4n) is 1.26. The van der Waals surface area contributed by atoms with E-state index < -0.39 is 0 Å². The Labute approximate surface area is 80.5 Å². The van der Waals surface area contributed by atoms with Crippen LogP contribution in [0.25, 0.3) is 0 Å². The number of hydrogen-bond acceptors (Lipinski definition) is 5. The molecule has 0 aliphatic carbocycles. The first-order valence-corrected chi connectivity index (χ1v) is 4.16. The second-order valence-corrected chi connectivity index (χ2v) is 2.78. The summed E-state index contributed by atoms with van der Waals surface area (Å²) >= 11 is 0. The van der Waals surface area contributed by atoms with Crippen LogP contribution < -0.4 is 11.3 Å². The lowest BCUT2D eigenvalue weighted by molar-refractivity contribution is 0.602. The van der Waals surface area contributed by atoms with Crippen LogP contribution in [-0.2, 0) is 0 Å². The highest BCUT2D eigenvalue weighted by molar-refractivity contribution is 5.23. The first-order chi connectivity index (χ1) is 6.92. The molecule has 1 aromatic carbocycles. The minimum Gasteiger partial charge on any atom is -0.270 e. The van der Waals surface area contributed by atoms with Gasteiger partial charge in [0.1, 0.15) is 6.04 Å². The molecule has 0 saturated heterocycles. The number of rotatable bonds is 3. The molecule has 0 bridgehead atoms. The predicted octanol–water partition coefficient (Wildman–Crippen LogP) is -0.248. The molecule has 14 heavy (non-hydrogen) atoms. The summed E-state index contributed by atoms with van der Waals surface area (Å²) in [5.41, 5.74) is 3.63. The van der Waals surface area contributed by atoms with Gasteiger partial charge < -0.3 is 0 Å². The number of hydrazine groups is 1. The van der Waals surface area contributed by atoms with Crippen LogP contribution in [0.1, 0.15) is 17.4 Å². The minimum absolute atomic E-state index is 0.227. The third-order valence-electron chi connectivity index (χ3n) is 1.92. The van der Waals surface area contributed by atoms with Crippen molar-refractivity contribution in [3.63, 3.8) is 0 Å². The van der Waals surface area contributed by atoms with Gasteiger partial charge in [-0.05, 0) is 5.56 Å². The smallest absolute Gasteiger partial charge is 0.197 e. The van der Waals surface area contributed by atoms with Gasteiger partial charge in [0.15, 0.2) is 5.82 Å². The van der Waals surface area contributed by atoms with E-state index in [0.29, 0.717) is 5.82 Å². The molecule has 0 saturated carbocycles. The van der Waals surface area contributed by atoms with Gasteiger partial charge in [-0.2, -0.15) is 5.21 Å². The first kappa shape index (κ1) is 8.79. The summed E-state index contributed by atoms with van der Waals surface area (Å²) in [6.07, 6.45) is 0. The van der Waals surface area contributed by atoms with E-state index in [1.807, 2.05) is 30.3 Å². The maximum Gasteiger partial charge on any atom is 0.197 e. The van der Waals surface area contributed by atoms with Gasteiger partial charge >= 0.3 is 0 Å². The van der Waals surface area contributed by atoms with Gasteiger partial charge in [-0.3, -0.25) is 5.84 Å². The van der Waals surface area contributed by atoms with E-state index in [2.05, 4.69) is 26.0 Å². The molecule has 1 heterocycles. The molecule has 0 spiro atoms. The molecule has 0 amide bonds. The zero-order chi connectivity index (χ0) is 9.80. The summed E-state index contributed by atoms with van der Waals surface area (Å²) in [5.74, 6) is 5.95. The Hall–Kier alpha value is -1.79. The van der Waals surface area contributed by atoms with Crippen LogP contribution in [0, 0.1) is 0 Å². The van der Waals surface area contributed by atoms with Crippen LogP contribution in [0.2, 0.25) is 0 Å². The van der Waals surface area contributed by atoms with E-state index in [0.717, 1.165) is 5.56 Å². The number of nitrogens with two attached hydrogens (primary N) is 1.